The Morgan fingerprint density at radius 2 is 1.78 bits per heavy atom. The summed E-state index contributed by atoms with van der Waals surface area (Å²) >= 11 is 0. The molecule has 0 saturated carbocycles. The number of anilines is 1. The predicted molar refractivity (Wildman–Crippen MR) is 110 cm³/mol. The number of fused-ring (bicyclic) bond motifs is 3. The van der Waals surface area contributed by atoms with E-state index in [1.807, 2.05) is 0 Å². The van der Waals surface area contributed by atoms with Gasteiger partial charge < -0.3 is 10.2 Å². The Hall–Kier alpha value is -2.63. The average Bonchev–Trinajstić information content (AvgIpc) is 3.16. The lowest BCUT2D eigenvalue weighted by atomic mass is 10.2. The standard InChI is InChI=1S/C21H28N6/c1-6-8-17-22-13(3)12-26(17)18-11-10-16-21(25-18)27-19(9-7-2)24-15(5)20(27)14(4)23-16/h10-12,17,22H,6-9H2,1-5H3. The summed E-state index contributed by atoms with van der Waals surface area (Å²) in [7, 11) is 0. The predicted octanol–water partition coefficient (Wildman–Crippen LogP) is 4.24. The number of aromatic nitrogens is 4. The summed E-state index contributed by atoms with van der Waals surface area (Å²) in [6.07, 6.45) is 6.59. The first-order chi connectivity index (χ1) is 13.0. The molecule has 0 radical (unpaired) electrons. The van der Waals surface area contributed by atoms with Crippen LogP contribution in [0.5, 0.6) is 0 Å². The van der Waals surface area contributed by atoms with Crippen LogP contribution in [0, 0.1) is 13.8 Å². The summed E-state index contributed by atoms with van der Waals surface area (Å²) < 4.78 is 2.22. The highest BCUT2D eigenvalue weighted by atomic mass is 15.3. The van der Waals surface area contributed by atoms with Crippen LogP contribution in [-0.4, -0.2) is 25.5 Å². The fraction of sp³-hybridized carbons (Fsp3) is 0.476. The van der Waals surface area contributed by atoms with Gasteiger partial charge in [0.25, 0.3) is 0 Å². The molecule has 0 aliphatic carbocycles. The molecule has 6 nitrogen and oxygen atoms in total. The van der Waals surface area contributed by atoms with Crippen molar-refractivity contribution in [1.29, 1.82) is 0 Å². The van der Waals surface area contributed by atoms with Crippen LogP contribution in [0.4, 0.5) is 5.82 Å². The molecule has 6 heteroatoms. The van der Waals surface area contributed by atoms with Gasteiger partial charge in [-0.1, -0.05) is 20.3 Å². The zero-order chi connectivity index (χ0) is 19.1. The van der Waals surface area contributed by atoms with Gasteiger partial charge in [0.1, 0.15) is 23.3 Å². The second-order valence-electron chi connectivity index (χ2n) is 7.43. The van der Waals surface area contributed by atoms with Crippen molar-refractivity contribution in [2.75, 3.05) is 4.90 Å². The van der Waals surface area contributed by atoms with Crippen LogP contribution in [0.15, 0.2) is 24.0 Å². The minimum Gasteiger partial charge on any atom is -0.367 e. The van der Waals surface area contributed by atoms with Gasteiger partial charge in [-0.2, -0.15) is 0 Å². The fourth-order valence-corrected chi connectivity index (χ4v) is 4.07. The van der Waals surface area contributed by atoms with Crippen molar-refractivity contribution in [2.24, 2.45) is 0 Å². The Bertz CT molecular complexity index is 1030. The Balaban J connectivity index is 1.93. The van der Waals surface area contributed by atoms with Gasteiger partial charge in [0.05, 0.1) is 16.9 Å². The first-order valence-corrected chi connectivity index (χ1v) is 9.92. The second kappa shape index (κ2) is 6.83. The first-order valence-electron chi connectivity index (χ1n) is 9.92. The van der Waals surface area contributed by atoms with E-state index in [1.165, 1.54) is 5.70 Å². The van der Waals surface area contributed by atoms with E-state index >= 15 is 0 Å². The Morgan fingerprint density at radius 1 is 1.00 bits per heavy atom. The lowest BCUT2D eigenvalue weighted by molar-refractivity contribution is 0.552. The summed E-state index contributed by atoms with van der Waals surface area (Å²) in [6.45, 7) is 10.6. The smallest absolute Gasteiger partial charge is 0.167 e. The lowest BCUT2D eigenvalue weighted by Crippen LogP contribution is -2.36. The lowest BCUT2D eigenvalue weighted by Gasteiger charge is -2.24. The Kier molecular flexibility index (Phi) is 4.50. The number of allylic oxidation sites excluding steroid dienone is 1. The molecule has 0 amide bonds. The van der Waals surface area contributed by atoms with Crippen LogP contribution >= 0.6 is 0 Å². The molecule has 0 spiro atoms. The largest absolute Gasteiger partial charge is 0.367 e. The van der Waals surface area contributed by atoms with Crippen molar-refractivity contribution < 1.29 is 0 Å². The molecule has 0 bridgehead atoms. The highest BCUT2D eigenvalue weighted by Crippen LogP contribution is 2.27. The van der Waals surface area contributed by atoms with Crippen molar-refractivity contribution in [1.82, 2.24) is 24.7 Å². The zero-order valence-corrected chi connectivity index (χ0v) is 16.9. The molecular weight excluding hydrogens is 336 g/mol. The van der Waals surface area contributed by atoms with Crippen LogP contribution < -0.4 is 10.2 Å². The summed E-state index contributed by atoms with van der Waals surface area (Å²) in [4.78, 5) is 16.9. The molecule has 142 valence electrons. The molecule has 1 aliphatic rings. The average molecular weight is 364 g/mol. The summed E-state index contributed by atoms with van der Waals surface area (Å²) in [5.74, 6) is 2.02. The molecule has 1 aliphatic heterocycles. The fourth-order valence-electron chi connectivity index (χ4n) is 4.07. The quantitative estimate of drug-likeness (QED) is 0.734. The molecule has 4 rings (SSSR count). The minimum absolute atomic E-state index is 0.258. The van der Waals surface area contributed by atoms with E-state index in [0.29, 0.717) is 0 Å². The minimum atomic E-state index is 0.258. The molecule has 1 N–H and O–H groups in total. The van der Waals surface area contributed by atoms with Crippen molar-refractivity contribution in [3.63, 3.8) is 0 Å². The normalized spacial score (nSPS) is 17.0. The second-order valence-corrected chi connectivity index (χ2v) is 7.43. The van der Waals surface area contributed by atoms with Crippen LogP contribution in [0.2, 0.25) is 0 Å². The van der Waals surface area contributed by atoms with Gasteiger partial charge in [0.15, 0.2) is 5.65 Å². The molecular formula is C21H28N6. The number of nitrogens with zero attached hydrogens (tertiary/aromatic N) is 5. The van der Waals surface area contributed by atoms with Crippen LogP contribution in [0.1, 0.15) is 57.2 Å². The van der Waals surface area contributed by atoms with E-state index in [1.54, 1.807) is 0 Å². The van der Waals surface area contributed by atoms with E-state index in [2.05, 4.69) is 67.6 Å². The van der Waals surface area contributed by atoms with Crippen LogP contribution in [0.3, 0.4) is 0 Å². The maximum atomic E-state index is 5.05. The maximum Gasteiger partial charge on any atom is 0.167 e. The van der Waals surface area contributed by atoms with Gasteiger partial charge in [-0.05, 0) is 45.7 Å². The number of nitrogens with one attached hydrogen (secondary N) is 1. The van der Waals surface area contributed by atoms with Crippen LogP contribution in [-0.2, 0) is 6.42 Å². The molecule has 3 aromatic rings. The van der Waals surface area contributed by atoms with Crippen LogP contribution in [0.25, 0.3) is 16.7 Å². The van der Waals surface area contributed by atoms with E-state index < -0.39 is 0 Å². The highest BCUT2D eigenvalue weighted by molar-refractivity contribution is 5.79. The highest BCUT2D eigenvalue weighted by Gasteiger charge is 2.24. The van der Waals surface area contributed by atoms with E-state index in [4.69, 9.17) is 15.0 Å². The molecule has 3 aromatic heterocycles. The van der Waals surface area contributed by atoms with Gasteiger partial charge in [-0.25, -0.2) is 15.0 Å². The van der Waals surface area contributed by atoms with Gasteiger partial charge in [-0.15, -0.1) is 0 Å². The number of hydrogen-bond acceptors (Lipinski definition) is 5. The number of aryl methyl sites for hydroxylation is 3. The molecule has 0 saturated heterocycles. The molecule has 0 aromatic carbocycles. The number of hydrogen-bond donors (Lipinski definition) is 1. The number of rotatable bonds is 5. The van der Waals surface area contributed by atoms with Crippen molar-refractivity contribution >= 4 is 22.5 Å². The first kappa shape index (κ1) is 17.8. The molecule has 0 fully saturated rings. The van der Waals surface area contributed by atoms with Gasteiger partial charge in [0.2, 0.25) is 0 Å². The van der Waals surface area contributed by atoms with Gasteiger partial charge in [-0.3, -0.25) is 4.40 Å². The summed E-state index contributed by atoms with van der Waals surface area (Å²) in [5.41, 5.74) is 6.11. The van der Waals surface area contributed by atoms with Crippen molar-refractivity contribution in [3.8, 4) is 0 Å². The Labute approximate surface area is 160 Å². The molecule has 4 heterocycles. The SMILES string of the molecule is CCCc1nc(C)c2c(C)nc3ccc(N4C=C(C)NC4CCC)nc3n12. The van der Waals surface area contributed by atoms with E-state index in [0.717, 1.165) is 65.4 Å². The summed E-state index contributed by atoms with van der Waals surface area (Å²) in [6, 6.07) is 4.16. The third kappa shape index (κ3) is 2.93. The van der Waals surface area contributed by atoms with Gasteiger partial charge >= 0.3 is 0 Å². The molecule has 27 heavy (non-hydrogen) atoms. The van der Waals surface area contributed by atoms with Crippen molar-refractivity contribution in [3.05, 3.63) is 41.2 Å². The van der Waals surface area contributed by atoms with E-state index in [-0.39, 0.29) is 6.17 Å². The van der Waals surface area contributed by atoms with Crippen molar-refractivity contribution in [2.45, 2.75) is 66.5 Å². The monoisotopic (exact) mass is 364 g/mol. The number of imidazole rings is 1. The third-order valence-corrected chi connectivity index (χ3v) is 5.17. The topological polar surface area (TPSA) is 58.4 Å². The molecule has 1 unspecified atom stereocenters. The zero-order valence-electron chi connectivity index (χ0n) is 16.9. The Morgan fingerprint density at radius 3 is 2.52 bits per heavy atom. The summed E-state index contributed by atoms with van der Waals surface area (Å²) in [5, 5.41) is 3.55. The number of pyridine rings is 1. The maximum absolute atomic E-state index is 5.05. The van der Waals surface area contributed by atoms with Gasteiger partial charge in [0, 0.05) is 18.3 Å². The molecule has 1 atom stereocenters. The third-order valence-electron chi connectivity index (χ3n) is 5.17. The van der Waals surface area contributed by atoms with E-state index in [9.17, 15) is 0 Å².